The Morgan fingerprint density at radius 1 is 0.871 bits per heavy atom. The predicted octanol–water partition coefficient (Wildman–Crippen LogP) is 3.09. The Bertz CT molecular complexity index is 1150. The van der Waals surface area contributed by atoms with Crippen LogP contribution in [0.2, 0.25) is 0 Å². The molecule has 2 aromatic heterocycles. The first-order chi connectivity index (χ1) is 15.3. The van der Waals surface area contributed by atoms with Gasteiger partial charge >= 0.3 is 0 Å². The second kappa shape index (κ2) is 8.51. The van der Waals surface area contributed by atoms with E-state index in [0.29, 0.717) is 11.3 Å². The number of hydrogen-bond donors (Lipinski definition) is 0. The normalized spacial score (nSPS) is 16.4. The minimum absolute atomic E-state index is 0.0301. The second-order valence-electron chi connectivity index (χ2n) is 7.68. The molecule has 1 atom stereocenters. The van der Waals surface area contributed by atoms with Crippen LogP contribution in [0.1, 0.15) is 35.2 Å². The molecule has 1 amide bonds. The van der Waals surface area contributed by atoms with E-state index in [0.717, 1.165) is 37.9 Å². The van der Waals surface area contributed by atoms with Crippen molar-refractivity contribution in [1.29, 1.82) is 0 Å². The highest BCUT2D eigenvalue weighted by Crippen LogP contribution is 2.25. The van der Waals surface area contributed by atoms with Crippen LogP contribution in [0.5, 0.6) is 0 Å². The molecule has 0 radical (unpaired) electrons. The Morgan fingerprint density at radius 2 is 1.61 bits per heavy atom. The van der Waals surface area contributed by atoms with Crippen molar-refractivity contribution in [3.8, 4) is 11.4 Å². The van der Waals surface area contributed by atoms with E-state index in [9.17, 15) is 4.79 Å². The largest absolute Gasteiger partial charge is 0.335 e. The molecule has 3 heterocycles. The molecule has 0 N–H and O–H groups in total. The summed E-state index contributed by atoms with van der Waals surface area (Å²) in [7, 11) is 0. The summed E-state index contributed by atoms with van der Waals surface area (Å²) in [5.74, 6) is 0.0301. The maximum Gasteiger partial charge on any atom is 0.256 e. The van der Waals surface area contributed by atoms with Crippen molar-refractivity contribution in [1.82, 2.24) is 34.9 Å². The van der Waals surface area contributed by atoms with Crippen molar-refractivity contribution < 1.29 is 4.79 Å². The lowest BCUT2D eigenvalue weighted by atomic mass is 9.94. The van der Waals surface area contributed by atoms with Gasteiger partial charge in [0.2, 0.25) is 0 Å². The van der Waals surface area contributed by atoms with E-state index in [1.165, 1.54) is 10.4 Å². The van der Waals surface area contributed by atoms with Crippen molar-refractivity contribution >= 4 is 5.91 Å². The third-order valence-corrected chi connectivity index (χ3v) is 5.69. The fraction of sp³-hybridized carbons (Fsp3) is 0.261. The summed E-state index contributed by atoms with van der Waals surface area (Å²) < 4.78 is 0. The number of carbonyl (C=O) groups is 1. The number of amides is 1. The van der Waals surface area contributed by atoms with Gasteiger partial charge in [-0.25, -0.2) is 0 Å². The van der Waals surface area contributed by atoms with Gasteiger partial charge in [0.25, 0.3) is 5.91 Å². The Morgan fingerprint density at radius 3 is 2.42 bits per heavy atom. The summed E-state index contributed by atoms with van der Waals surface area (Å²) in [6.45, 7) is 0.755. The third-order valence-electron chi connectivity index (χ3n) is 5.69. The fourth-order valence-electron chi connectivity index (χ4n) is 4.23. The maximum absolute atomic E-state index is 13.6. The lowest BCUT2D eigenvalue weighted by Gasteiger charge is -2.36. The summed E-state index contributed by atoms with van der Waals surface area (Å²) in [5, 5.41) is 16.9. The molecule has 1 unspecified atom stereocenters. The SMILES string of the molecule is O=C(c1ccccc1-n1nccn1)N1CCCCC1Cc1cccc(-n2nccn2)c1. The first-order valence-corrected chi connectivity index (χ1v) is 10.5. The van der Waals surface area contributed by atoms with Gasteiger partial charge in [0, 0.05) is 12.6 Å². The van der Waals surface area contributed by atoms with Crippen LogP contribution < -0.4 is 0 Å². The number of hydrogen-bond acceptors (Lipinski definition) is 5. The van der Waals surface area contributed by atoms with Crippen LogP contribution in [0, 0.1) is 0 Å². The highest BCUT2D eigenvalue weighted by molar-refractivity contribution is 5.98. The highest BCUT2D eigenvalue weighted by Gasteiger charge is 2.29. The molecule has 4 aromatic rings. The lowest BCUT2D eigenvalue weighted by molar-refractivity contribution is 0.0613. The zero-order chi connectivity index (χ0) is 21.0. The van der Waals surface area contributed by atoms with Crippen molar-refractivity contribution in [3.05, 3.63) is 84.4 Å². The van der Waals surface area contributed by atoms with Crippen LogP contribution >= 0.6 is 0 Å². The second-order valence-corrected chi connectivity index (χ2v) is 7.68. The molecule has 1 fully saturated rings. The van der Waals surface area contributed by atoms with E-state index >= 15 is 0 Å². The number of carbonyl (C=O) groups excluding carboxylic acids is 1. The molecule has 5 rings (SSSR count). The van der Waals surface area contributed by atoms with Crippen molar-refractivity contribution in [3.63, 3.8) is 0 Å². The molecule has 1 saturated heterocycles. The van der Waals surface area contributed by atoms with Crippen molar-refractivity contribution in [2.24, 2.45) is 0 Å². The molecule has 0 saturated carbocycles. The smallest absolute Gasteiger partial charge is 0.256 e. The minimum atomic E-state index is 0.0301. The average molecular weight is 413 g/mol. The molecule has 1 aliphatic rings. The van der Waals surface area contributed by atoms with Crippen LogP contribution in [0.15, 0.2) is 73.3 Å². The summed E-state index contributed by atoms with van der Waals surface area (Å²) in [5.41, 5.74) is 3.42. The maximum atomic E-state index is 13.6. The zero-order valence-electron chi connectivity index (χ0n) is 17.1. The molecular formula is C23H23N7O. The van der Waals surface area contributed by atoms with Gasteiger partial charge in [-0.3, -0.25) is 4.79 Å². The topological polar surface area (TPSA) is 81.7 Å². The molecule has 31 heavy (non-hydrogen) atoms. The van der Waals surface area contributed by atoms with E-state index in [-0.39, 0.29) is 11.9 Å². The number of benzene rings is 2. The number of aromatic nitrogens is 6. The van der Waals surface area contributed by atoms with Crippen LogP contribution in [0.25, 0.3) is 11.4 Å². The molecular weight excluding hydrogens is 390 g/mol. The summed E-state index contributed by atoms with van der Waals surface area (Å²) in [6.07, 6.45) is 10.5. The van der Waals surface area contributed by atoms with Crippen LogP contribution in [-0.2, 0) is 6.42 Å². The van der Waals surface area contributed by atoms with Gasteiger partial charge < -0.3 is 4.90 Å². The Kier molecular flexibility index (Phi) is 5.26. The van der Waals surface area contributed by atoms with E-state index in [2.05, 4.69) is 32.5 Å². The number of likely N-dealkylation sites (tertiary alicyclic amines) is 1. The number of para-hydroxylation sites is 1. The van der Waals surface area contributed by atoms with Gasteiger partial charge in [0.05, 0.1) is 41.7 Å². The van der Waals surface area contributed by atoms with Gasteiger partial charge in [-0.15, -0.1) is 0 Å². The molecule has 0 aliphatic carbocycles. The van der Waals surface area contributed by atoms with Gasteiger partial charge in [-0.1, -0.05) is 24.3 Å². The van der Waals surface area contributed by atoms with Gasteiger partial charge in [0.1, 0.15) is 0 Å². The molecule has 8 nitrogen and oxygen atoms in total. The van der Waals surface area contributed by atoms with Gasteiger partial charge in [-0.2, -0.15) is 30.0 Å². The molecule has 0 spiro atoms. The van der Waals surface area contributed by atoms with Crippen molar-refractivity contribution in [2.75, 3.05) is 6.54 Å². The van der Waals surface area contributed by atoms with E-state index < -0.39 is 0 Å². The zero-order valence-corrected chi connectivity index (χ0v) is 17.1. The fourth-order valence-corrected chi connectivity index (χ4v) is 4.23. The van der Waals surface area contributed by atoms with E-state index in [1.54, 1.807) is 29.6 Å². The molecule has 0 bridgehead atoms. The quantitative estimate of drug-likeness (QED) is 0.502. The first kappa shape index (κ1) is 19.2. The monoisotopic (exact) mass is 413 g/mol. The molecule has 1 aliphatic heterocycles. The van der Waals surface area contributed by atoms with Gasteiger partial charge in [0.15, 0.2) is 0 Å². The number of nitrogens with zero attached hydrogens (tertiary/aromatic N) is 7. The Labute approximate surface area is 180 Å². The van der Waals surface area contributed by atoms with Crippen LogP contribution in [0.3, 0.4) is 0 Å². The van der Waals surface area contributed by atoms with Crippen LogP contribution in [-0.4, -0.2) is 53.4 Å². The lowest BCUT2D eigenvalue weighted by Crippen LogP contribution is -2.45. The Balaban J connectivity index is 1.41. The third kappa shape index (κ3) is 3.96. The van der Waals surface area contributed by atoms with Crippen molar-refractivity contribution in [2.45, 2.75) is 31.7 Å². The predicted molar refractivity (Wildman–Crippen MR) is 115 cm³/mol. The molecule has 2 aromatic carbocycles. The van der Waals surface area contributed by atoms with E-state index in [4.69, 9.17) is 0 Å². The summed E-state index contributed by atoms with van der Waals surface area (Å²) >= 11 is 0. The molecule has 8 heteroatoms. The summed E-state index contributed by atoms with van der Waals surface area (Å²) in [6, 6.07) is 15.9. The highest BCUT2D eigenvalue weighted by atomic mass is 16.2. The number of piperidine rings is 1. The van der Waals surface area contributed by atoms with E-state index in [1.807, 2.05) is 41.3 Å². The van der Waals surface area contributed by atoms with Gasteiger partial charge in [-0.05, 0) is 55.5 Å². The first-order valence-electron chi connectivity index (χ1n) is 10.5. The standard InChI is InChI=1S/C23H23N7O/c31-23(21-9-1-2-10-22(21)30-26-13-14-27-30)28-15-4-3-7-19(28)16-18-6-5-8-20(17-18)29-24-11-12-25-29/h1-2,5-6,8-14,17,19H,3-4,7,15-16H2. The number of rotatable bonds is 5. The average Bonchev–Trinajstić information content (AvgIpc) is 3.54. The molecule has 156 valence electrons. The Hall–Kier alpha value is -3.81. The van der Waals surface area contributed by atoms with Crippen LogP contribution in [0.4, 0.5) is 0 Å². The summed E-state index contributed by atoms with van der Waals surface area (Å²) in [4.78, 5) is 18.7. The minimum Gasteiger partial charge on any atom is -0.335 e.